The van der Waals surface area contributed by atoms with E-state index in [0.29, 0.717) is 0 Å². The van der Waals surface area contributed by atoms with Gasteiger partial charge in [-0.1, -0.05) is 102 Å². The van der Waals surface area contributed by atoms with Crippen molar-refractivity contribution in [3.8, 4) is 0 Å². The number of halogens is 1. The summed E-state index contributed by atoms with van der Waals surface area (Å²) in [6.07, 6.45) is 34.1. The Hall–Kier alpha value is -1.08. The van der Waals surface area contributed by atoms with Gasteiger partial charge in [0.25, 0.3) is 0 Å². The van der Waals surface area contributed by atoms with Crippen LogP contribution in [0.3, 0.4) is 0 Å². The molecule has 1 nitrogen and oxygen atoms in total. The first-order valence-corrected chi connectivity index (χ1v) is 14.6. The molecule has 1 aromatic rings. The van der Waals surface area contributed by atoms with Gasteiger partial charge < -0.3 is 12.4 Å². The molecular weight excluding hydrogens is 434 g/mol. The van der Waals surface area contributed by atoms with Crippen LogP contribution in [0.4, 0.5) is 0 Å². The molecule has 1 aliphatic rings. The van der Waals surface area contributed by atoms with Crippen LogP contribution >= 0.6 is 0 Å². The Labute approximate surface area is 218 Å². The van der Waals surface area contributed by atoms with E-state index in [2.05, 4.69) is 56.6 Å². The lowest BCUT2D eigenvalue weighted by atomic mass is 9.95. The van der Waals surface area contributed by atoms with Gasteiger partial charge in [-0.3, -0.25) is 0 Å². The molecule has 34 heavy (non-hydrogen) atoms. The zero-order valence-electron chi connectivity index (χ0n) is 23.1. The highest BCUT2D eigenvalue weighted by molar-refractivity contribution is 5.64. The van der Waals surface area contributed by atoms with Crippen LogP contribution in [0.2, 0.25) is 0 Å². The smallest absolute Gasteiger partial charge is 0.189 e. The van der Waals surface area contributed by atoms with E-state index >= 15 is 0 Å². The van der Waals surface area contributed by atoms with Crippen LogP contribution in [0.15, 0.2) is 12.2 Å². The number of nitrogens with zero attached hydrogens (tertiary/aromatic N) is 1. The molecule has 0 atom stereocenters. The third-order valence-electron chi connectivity index (χ3n) is 7.55. The summed E-state index contributed by atoms with van der Waals surface area (Å²) >= 11 is 0. The molecule has 1 aromatic heterocycles. The maximum absolute atomic E-state index is 2.66. The fourth-order valence-electron chi connectivity index (χ4n) is 5.39. The molecule has 0 unspecified atom stereocenters. The molecule has 0 amide bonds. The summed E-state index contributed by atoms with van der Waals surface area (Å²) in [5.41, 5.74) is 7.57. The molecule has 2 heterocycles. The average molecular weight is 488 g/mol. The Morgan fingerprint density at radius 2 is 1.18 bits per heavy atom. The fourth-order valence-corrected chi connectivity index (χ4v) is 5.39. The Bertz CT molecular complexity index is 731. The van der Waals surface area contributed by atoms with E-state index in [4.69, 9.17) is 0 Å². The molecule has 0 N–H and O–H groups in total. The van der Waals surface area contributed by atoms with Gasteiger partial charge in [0.1, 0.15) is 6.54 Å². The monoisotopic (exact) mass is 487 g/mol. The van der Waals surface area contributed by atoms with Crippen molar-refractivity contribution in [1.82, 2.24) is 0 Å². The number of pyridine rings is 1. The average Bonchev–Trinajstić information content (AvgIpc) is 3.07. The second kappa shape index (κ2) is 19.1. The Kier molecular flexibility index (Phi) is 17.4. The summed E-state index contributed by atoms with van der Waals surface area (Å²) in [5.74, 6) is 0. The van der Waals surface area contributed by atoms with E-state index in [1.54, 1.807) is 5.69 Å². The fraction of sp³-hybridized carbons (Fsp3) is 0.719. The largest absolute Gasteiger partial charge is 1.00 e. The van der Waals surface area contributed by atoms with E-state index in [1.807, 2.05) is 0 Å². The lowest BCUT2D eigenvalue weighted by Crippen LogP contribution is -3.00. The van der Waals surface area contributed by atoms with Gasteiger partial charge in [0.05, 0.1) is 0 Å². The summed E-state index contributed by atoms with van der Waals surface area (Å²) in [5, 5.41) is 0. The Morgan fingerprint density at radius 3 is 1.76 bits per heavy atom. The van der Waals surface area contributed by atoms with Gasteiger partial charge in [-0.25, -0.2) is 0 Å². The SMILES string of the molecule is CCCCCCCC/C=C/c1c(C)c(/C=C/CCCCCCCC)c2[n+](c1C)CCCCC2.[Cl-]. The van der Waals surface area contributed by atoms with Gasteiger partial charge in [-0.05, 0) is 51.0 Å². The molecule has 2 rings (SSSR count). The van der Waals surface area contributed by atoms with Gasteiger partial charge >= 0.3 is 0 Å². The number of fused-ring (bicyclic) bond motifs is 1. The zero-order chi connectivity index (χ0) is 23.7. The van der Waals surface area contributed by atoms with Gasteiger partial charge in [0.2, 0.25) is 0 Å². The van der Waals surface area contributed by atoms with Crippen molar-refractivity contribution in [3.05, 3.63) is 40.2 Å². The number of rotatable bonds is 16. The maximum atomic E-state index is 2.66. The van der Waals surface area contributed by atoms with Crippen LogP contribution < -0.4 is 17.0 Å². The second-order valence-electron chi connectivity index (χ2n) is 10.4. The topological polar surface area (TPSA) is 3.88 Å². The van der Waals surface area contributed by atoms with Crippen LogP contribution in [0.1, 0.15) is 151 Å². The molecule has 0 saturated carbocycles. The molecule has 0 bridgehead atoms. The molecule has 0 aromatic carbocycles. The highest BCUT2D eigenvalue weighted by Crippen LogP contribution is 2.25. The van der Waals surface area contributed by atoms with E-state index in [0.717, 1.165) is 0 Å². The lowest BCUT2D eigenvalue weighted by molar-refractivity contribution is -0.709. The second-order valence-corrected chi connectivity index (χ2v) is 10.4. The summed E-state index contributed by atoms with van der Waals surface area (Å²) < 4.78 is 2.66. The van der Waals surface area contributed by atoms with Gasteiger partial charge in [-0.2, -0.15) is 4.57 Å². The first kappa shape index (κ1) is 31.0. The minimum Gasteiger partial charge on any atom is -1.00 e. The predicted octanol–water partition coefficient (Wildman–Crippen LogP) is 6.85. The van der Waals surface area contributed by atoms with E-state index in [-0.39, 0.29) is 12.4 Å². The molecule has 0 radical (unpaired) electrons. The number of hydrogen-bond acceptors (Lipinski definition) is 0. The quantitative estimate of drug-likeness (QED) is 0.177. The summed E-state index contributed by atoms with van der Waals surface area (Å²) in [4.78, 5) is 0. The van der Waals surface area contributed by atoms with Crippen LogP contribution in [0.25, 0.3) is 12.2 Å². The summed E-state index contributed by atoms with van der Waals surface area (Å²) in [7, 11) is 0. The first-order chi connectivity index (χ1) is 16.2. The summed E-state index contributed by atoms with van der Waals surface area (Å²) in [6.45, 7) is 10.5. The van der Waals surface area contributed by atoms with Gasteiger partial charge in [0, 0.05) is 30.9 Å². The van der Waals surface area contributed by atoms with Crippen molar-refractivity contribution in [2.75, 3.05) is 0 Å². The first-order valence-electron chi connectivity index (χ1n) is 14.6. The van der Waals surface area contributed by atoms with Crippen molar-refractivity contribution in [1.29, 1.82) is 0 Å². The van der Waals surface area contributed by atoms with Crippen molar-refractivity contribution in [2.45, 2.75) is 150 Å². The molecule has 194 valence electrons. The molecule has 0 spiro atoms. The molecule has 2 heteroatoms. The third-order valence-corrected chi connectivity index (χ3v) is 7.55. The number of hydrogen-bond donors (Lipinski definition) is 0. The minimum absolute atomic E-state index is 0. The molecular formula is C32H54ClN. The highest BCUT2D eigenvalue weighted by atomic mass is 35.5. The number of allylic oxidation sites excluding steroid dienone is 2. The lowest BCUT2D eigenvalue weighted by Gasteiger charge is -2.14. The van der Waals surface area contributed by atoms with E-state index in [9.17, 15) is 0 Å². The van der Waals surface area contributed by atoms with E-state index in [1.165, 1.54) is 145 Å². The Balaban J connectivity index is 0.00000578. The van der Waals surface area contributed by atoms with Crippen LogP contribution in [0, 0.1) is 13.8 Å². The standard InChI is InChI=1S/C32H54N.ClH/c1-5-7-9-11-13-15-17-20-24-30-28(3)31(25-21-18-16-14-12-10-8-6-2)32-26-22-19-23-27-33(32)29(30)4;/h20-21,24-25H,5-19,22-23,26-27H2,1-4H3;1H/q+1;/p-1/b24-20+,25-21+;. The highest BCUT2D eigenvalue weighted by Gasteiger charge is 2.25. The van der Waals surface area contributed by atoms with Gasteiger partial charge in [-0.15, -0.1) is 0 Å². The minimum atomic E-state index is 0. The van der Waals surface area contributed by atoms with Crippen LogP contribution in [-0.4, -0.2) is 0 Å². The molecule has 0 aliphatic carbocycles. The normalized spacial score (nSPS) is 13.9. The predicted molar refractivity (Wildman–Crippen MR) is 148 cm³/mol. The Morgan fingerprint density at radius 1 is 0.647 bits per heavy atom. The van der Waals surface area contributed by atoms with Crippen molar-refractivity contribution >= 4 is 12.2 Å². The van der Waals surface area contributed by atoms with Crippen molar-refractivity contribution in [2.24, 2.45) is 0 Å². The van der Waals surface area contributed by atoms with E-state index < -0.39 is 0 Å². The molecule has 1 aliphatic heterocycles. The van der Waals surface area contributed by atoms with Crippen LogP contribution in [0.5, 0.6) is 0 Å². The van der Waals surface area contributed by atoms with Crippen molar-refractivity contribution < 1.29 is 17.0 Å². The number of unbranched alkanes of at least 4 members (excludes halogenated alkanes) is 12. The maximum Gasteiger partial charge on any atom is 0.189 e. The molecule has 0 fully saturated rings. The van der Waals surface area contributed by atoms with Gasteiger partial charge in [0.15, 0.2) is 11.4 Å². The third kappa shape index (κ3) is 10.7. The molecule has 0 saturated heterocycles. The number of aromatic nitrogens is 1. The van der Waals surface area contributed by atoms with Crippen LogP contribution in [-0.2, 0) is 13.0 Å². The van der Waals surface area contributed by atoms with Crippen molar-refractivity contribution in [3.63, 3.8) is 0 Å². The summed E-state index contributed by atoms with van der Waals surface area (Å²) in [6, 6.07) is 0. The zero-order valence-corrected chi connectivity index (χ0v) is 23.8.